The first kappa shape index (κ1) is 15.7. The summed E-state index contributed by atoms with van der Waals surface area (Å²) in [7, 11) is -6.82. The zero-order chi connectivity index (χ0) is 16.0. The number of pyridine rings is 1. The first-order valence-electron chi connectivity index (χ1n) is 6.60. The lowest BCUT2D eigenvalue weighted by molar-refractivity contribution is 0.544. The third kappa shape index (κ3) is 2.98. The molecule has 1 saturated heterocycles. The van der Waals surface area contributed by atoms with Gasteiger partial charge in [-0.1, -0.05) is 11.6 Å². The van der Waals surface area contributed by atoms with Crippen molar-refractivity contribution in [3.8, 4) is 0 Å². The van der Waals surface area contributed by atoms with Crippen molar-refractivity contribution in [2.75, 3.05) is 18.1 Å². The molecule has 0 aliphatic carbocycles. The Hall–Kier alpha value is -1.16. The second-order valence-corrected chi connectivity index (χ2v) is 9.66. The molecular weight excluding hydrogens is 350 g/mol. The largest absolute Gasteiger partial charge is 0.345 e. The van der Waals surface area contributed by atoms with E-state index in [0.717, 1.165) is 0 Å². The van der Waals surface area contributed by atoms with Gasteiger partial charge in [0.15, 0.2) is 9.84 Å². The number of aromatic amines is 1. The molecule has 1 unspecified atom stereocenters. The number of rotatable bonds is 4. The first-order chi connectivity index (χ1) is 10.3. The van der Waals surface area contributed by atoms with Crippen LogP contribution in [0.15, 0.2) is 23.4 Å². The quantitative estimate of drug-likeness (QED) is 0.839. The molecule has 10 heteroatoms. The minimum absolute atomic E-state index is 0.0152. The molecule has 2 N–H and O–H groups in total. The molecule has 2 aromatic rings. The summed E-state index contributed by atoms with van der Waals surface area (Å²) >= 11 is 6.04. The van der Waals surface area contributed by atoms with Gasteiger partial charge in [0.1, 0.15) is 10.5 Å². The second kappa shape index (κ2) is 5.48. The van der Waals surface area contributed by atoms with Crippen molar-refractivity contribution >= 4 is 42.5 Å². The summed E-state index contributed by atoms with van der Waals surface area (Å²) in [6, 6.07) is 1.51. The van der Waals surface area contributed by atoms with Gasteiger partial charge >= 0.3 is 0 Å². The molecule has 0 spiro atoms. The van der Waals surface area contributed by atoms with Gasteiger partial charge in [-0.15, -0.1) is 0 Å². The van der Waals surface area contributed by atoms with E-state index in [1.165, 1.54) is 18.5 Å². The maximum absolute atomic E-state index is 12.4. The number of aromatic nitrogens is 2. The highest BCUT2D eigenvalue weighted by molar-refractivity contribution is 7.91. The predicted molar refractivity (Wildman–Crippen MR) is 83.1 cm³/mol. The average molecular weight is 364 g/mol. The Balaban J connectivity index is 1.83. The van der Waals surface area contributed by atoms with Crippen molar-refractivity contribution in [3.05, 3.63) is 23.5 Å². The monoisotopic (exact) mass is 363 g/mol. The molecule has 1 aliphatic heterocycles. The molecule has 1 fully saturated rings. The van der Waals surface area contributed by atoms with Crippen LogP contribution in [0.25, 0.3) is 11.0 Å². The van der Waals surface area contributed by atoms with Gasteiger partial charge in [0.2, 0.25) is 10.0 Å². The van der Waals surface area contributed by atoms with Gasteiger partial charge in [0.25, 0.3) is 0 Å². The third-order valence-electron chi connectivity index (χ3n) is 3.66. The van der Waals surface area contributed by atoms with E-state index in [-0.39, 0.29) is 33.9 Å². The van der Waals surface area contributed by atoms with Gasteiger partial charge < -0.3 is 4.98 Å². The molecule has 0 bridgehead atoms. The number of fused-ring (bicyclic) bond motifs is 1. The highest BCUT2D eigenvalue weighted by atomic mass is 35.5. The van der Waals surface area contributed by atoms with E-state index < -0.39 is 19.9 Å². The standard InChI is InChI=1S/C12H14ClN3O4S2/c13-9-1-3-14-12-11(9)10(6-15-12)22(19,20)16-5-8-2-4-21(17,18)7-8/h1,3,6,8,16H,2,4-5,7H2,(H,14,15). The maximum Gasteiger partial charge on any atom is 0.242 e. The molecule has 3 heterocycles. The Morgan fingerprint density at radius 1 is 1.45 bits per heavy atom. The molecule has 0 amide bonds. The van der Waals surface area contributed by atoms with Crippen molar-refractivity contribution in [2.45, 2.75) is 11.3 Å². The number of H-pyrrole nitrogens is 1. The summed E-state index contributed by atoms with van der Waals surface area (Å²) in [5.41, 5.74) is 0.385. The Bertz CT molecular complexity index is 921. The summed E-state index contributed by atoms with van der Waals surface area (Å²) in [6.07, 6.45) is 3.28. The number of hydrogen-bond acceptors (Lipinski definition) is 5. The second-order valence-electron chi connectivity index (χ2n) is 5.29. The van der Waals surface area contributed by atoms with Crippen LogP contribution in [-0.2, 0) is 19.9 Å². The summed E-state index contributed by atoms with van der Waals surface area (Å²) in [5.74, 6) is -0.0629. The van der Waals surface area contributed by atoms with Crippen molar-refractivity contribution in [2.24, 2.45) is 5.92 Å². The first-order valence-corrected chi connectivity index (χ1v) is 10.3. The van der Waals surface area contributed by atoms with E-state index in [0.29, 0.717) is 17.5 Å². The molecule has 120 valence electrons. The zero-order valence-electron chi connectivity index (χ0n) is 11.4. The van der Waals surface area contributed by atoms with Gasteiger partial charge in [-0.05, 0) is 18.4 Å². The van der Waals surface area contributed by atoms with E-state index >= 15 is 0 Å². The molecular formula is C12H14ClN3O4S2. The number of halogens is 1. The summed E-state index contributed by atoms with van der Waals surface area (Å²) in [5, 5.41) is 0.616. The smallest absolute Gasteiger partial charge is 0.242 e. The zero-order valence-corrected chi connectivity index (χ0v) is 13.8. The van der Waals surface area contributed by atoms with E-state index in [1.807, 2.05) is 0 Å². The van der Waals surface area contributed by atoms with Gasteiger partial charge in [0.05, 0.1) is 21.9 Å². The number of sulfone groups is 1. The molecule has 7 nitrogen and oxygen atoms in total. The molecule has 1 atom stereocenters. The number of sulfonamides is 1. The van der Waals surface area contributed by atoms with Crippen LogP contribution in [0.4, 0.5) is 0 Å². The Morgan fingerprint density at radius 2 is 2.23 bits per heavy atom. The van der Waals surface area contributed by atoms with Gasteiger partial charge in [0, 0.05) is 18.9 Å². The van der Waals surface area contributed by atoms with Crippen LogP contribution in [0.5, 0.6) is 0 Å². The van der Waals surface area contributed by atoms with Crippen molar-refractivity contribution in [1.82, 2.24) is 14.7 Å². The van der Waals surface area contributed by atoms with Crippen LogP contribution in [0.1, 0.15) is 6.42 Å². The summed E-state index contributed by atoms with van der Waals surface area (Å²) < 4.78 is 50.1. The normalized spacial score (nSPS) is 21.4. The van der Waals surface area contributed by atoms with E-state index in [2.05, 4.69) is 14.7 Å². The van der Waals surface area contributed by atoms with Gasteiger partial charge in [-0.2, -0.15) is 0 Å². The van der Waals surface area contributed by atoms with Crippen molar-refractivity contribution < 1.29 is 16.8 Å². The lowest BCUT2D eigenvalue weighted by Crippen LogP contribution is -2.29. The molecule has 2 aromatic heterocycles. The summed E-state index contributed by atoms with van der Waals surface area (Å²) in [4.78, 5) is 6.80. The average Bonchev–Trinajstić information content (AvgIpc) is 3.01. The fourth-order valence-electron chi connectivity index (χ4n) is 2.54. The Morgan fingerprint density at radius 3 is 2.91 bits per heavy atom. The van der Waals surface area contributed by atoms with Crippen LogP contribution >= 0.6 is 11.6 Å². The summed E-state index contributed by atoms with van der Waals surface area (Å²) in [6.45, 7) is 0.0894. The lowest BCUT2D eigenvalue weighted by atomic mass is 10.1. The highest BCUT2D eigenvalue weighted by Crippen LogP contribution is 2.28. The van der Waals surface area contributed by atoms with Crippen LogP contribution in [0, 0.1) is 5.92 Å². The minimum atomic E-state index is -3.79. The van der Waals surface area contributed by atoms with Crippen LogP contribution < -0.4 is 4.72 Å². The van der Waals surface area contributed by atoms with Crippen LogP contribution in [-0.4, -0.2) is 44.9 Å². The lowest BCUT2D eigenvalue weighted by Gasteiger charge is -2.10. The molecule has 0 saturated carbocycles. The number of nitrogens with one attached hydrogen (secondary N) is 2. The highest BCUT2D eigenvalue weighted by Gasteiger charge is 2.29. The number of hydrogen-bond donors (Lipinski definition) is 2. The third-order valence-corrected chi connectivity index (χ3v) is 7.26. The topological polar surface area (TPSA) is 109 Å². The van der Waals surface area contributed by atoms with Gasteiger partial charge in [-0.25, -0.2) is 26.5 Å². The fourth-order valence-corrected chi connectivity index (χ4v) is 6.00. The predicted octanol–water partition coefficient (Wildman–Crippen LogP) is 0.929. The van der Waals surface area contributed by atoms with Crippen LogP contribution in [0.3, 0.4) is 0 Å². The number of nitrogens with zero attached hydrogens (tertiary/aromatic N) is 1. The van der Waals surface area contributed by atoms with E-state index in [9.17, 15) is 16.8 Å². The van der Waals surface area contributed by atoms with Gasteiger partial charge in [-0.3, -0.25) is 0 Å². The molecule has 3 rings (SSSR count). The fraction of sp³-hybridized carbons (Fsp3) is 0.417. The Kier molecular flexibility index (Phi) is 3.92. The van der Waals surface area contributed by atoms with E-state index in [1.54, 1.807) is 0 Å². The molecule has 1 aliphatic rings. The molecule has 0 aromatic carbocycles. The SMILES string of the molecule is O=S1(=O)CCC(CNS(=O)(=O)c2c[nH]c3nccc(Cl)c23)C1. The Labute approximate surface area is 133 Å². The molecule has 0 radical (unpaired) electrons. The minimum Gasteiger partial charge on any atom is -0.345 e. The molecule has 22 heavy (non-hydrogen) atoms. The van der Waals surface area contributed by atoms with Crippen LogP contribution in [0.2, 0.25) is 5.02 Å². The van der Waals surface area contributed by atoms with E-state index in [4.69, 9.17) is 11.6 Å². The van der Waals surface area contributed by atoms with Crippen molar-refractivity contribution in [3.63, 3.8) is 0 Å². The maximum atomic E-state index is 12.4. The van der Waals surface area contributed by atoms with Crippen molar-refractivity contribution in [1.29, 1.82) is 0 Å².